The zero-order valence-electron chi connectivity index (χ0n) is 8.02. The lowest BCUT2D eigenvalue weighted by atomic mass is 10.0. The zero-order valence-corrected chi connectivity index (χ0v) is 8.02. The Bertz CT molecular complexity index is 124. The van der Waals surface area contributed by atoms with Gasteiger partial charge in [0.25, 0.3) is 0 Å². The maximum Gasteiger partial charge on any atom is 0.0395 e. The van der Waals surface area contributed by atoms with Crippen LogP contribution in [0.5, 0.6) is 0 Å². The Labute approximate surface area is 69.8 Å². The van der Waals surface area contributed by atoms with Crippen LogP contribution in [0.15, 0.2) is 11.6 Å². The monoisotopic (exact) mass is 156 g/mol. The van der Waals surface area contributed by atoms with E-state index in [1.165, 1.54) is 5.57 Å². The van der Waals surface area contributed by atoms with E-state index >= 15 is 0 Å². The van der Waals surface area contributed by atoms with Crippen molar-refractivity contribution in [3.8, 4) is 0 Å². The Morgan fingerprint density at radius 1 is 1.45 bits per heavy atom. The Hall–Kier alpha value is -0.340. The van der Waals surface area contributed by atoms with Gasteiger partial charge in [-0.2, -0.15) is 0 Å². The average Bonchev–Trinajstić information content (AvgIpc) is 1.84. The summed E-state index contributed by atoms with van der Waals surface area (Å²) in [7, 11) is 0. The molecule has 1 atom stereocenters. The molecule has 0 aromatic heterocycles. The molecule has 3 N–H and O–H groups in total. The molecule has 0 heterocycles. The number of nitrogens with two attached hydrogens (primary N) is 1. The van der Waals surface area contributed by atoms with Gasteiger partial charge in [-0.25, -0.2) is 0 Å². The smallest absolute Gasteiger partial charge is 0.0395 e. The SMILES string of the molecule is CC(C)=CC(CC(C)C)NN. The third-order valence-corrected chi connectivity index (χ3v) is 1.47. The molecule has 0 aliphatic carbocycles. The molecule has 0 radical (unpaired) electrons. The van der Waals surface area contributed by atoms with Gasteiger partial charge in [-0.3, -0.25) is 11.3 Å². The van der Waals surface area contributed by atoms with Crippen LogP contribution in [0.2, 0.25) is 0 Å². The van der Waals surface area contributed by atoms with Crippen LogP contribution < -0.4 is 11.3 Å². The first-order chi connectivity index (χ1) is 5.06. The van der Waals surface area contributed by atoms with Crippen molar-refractivity contribution in [2.75, 3.05) is 0 Å². The van der Waals surface area contributed by atoms with E-state index in [-0.39, 0.29) is 0 Å². The first kappa shape index (κ1) is 10.7. The van der Waals surface area contributed by atoms with Crippen LogP contribution in [0.3, 0.4) is 0 Å². The molecule has 0 aliphatic heterocycles. The van der Waals surface area contributed by atoms with E-state index in [4.69, 9.17) is 5.84 Å². The maximum atomic E-state index is 5.37. The van der Waals surface area contributed by atoms with Crippen molar-refractivity contribution < 1.29 is 0 Å². The number of hydrogen-bond acceptors (Lipinski definition) is 2. The molecule has 0 rings (SSSR count). The van der Waals surface area contributed by atoms with Gasteiger partial charge in [0, 0.05) is 6.04 Å². The van der Waals surface area contributed by atoms with Gasteiger partial charge in [0.05, 0.1) is 0 Å². The number of nitrogens with one attached hydrogen (secondary N) is 1. The lowest BCUT2D eigenvalue weighted by Gasteiger charge is -2.14. The molecule has 11 heavy (non-hydrogen) atoms. The first-order valence-corrected chi connectivity index (χ1v) is 4.17. The molecule has 2 heteroatoms. The molecule has 1 unspecified atom stereocenters. The molecule has 0 aromatic carbocycles. The minimum absolute atomic E-state index is 0.333. The largest absolute Gasteiger partial charge is 0.271 e. The molecular weight excluding hydrogens is 136 g/mol. The van der Waals surface area contributed by atoms with E-state index in [1.807, 2.05) is 0 Å². The van der Waals surface area contributed by atoms with Crippen molar-refractivity contribution >= 4 is 0 Å². The minimum Gasteiger partial charge on any atom is -0.271 e. The standard InChI is InChI=1S/C9H20N2/c1-7(2)5-9(11-10)6-8(3)4/h5,8-9,11H,6,10H2,1-4H3. The molecule has 0 aliphatic rings. The van der Waals surface area contributed by atoms with Crippen molar-refractivity contribution in [1.29, 1.82) is 0 Å². The highest BCUT2D eigenvalue weighted by Crippen LogP contribution is 2.06. The van der Waals surface area contributed by atoms with Gasteiger partial charge in [0.1, 0.15) is 0 Å². The second-order valence-corrected chi connectivity index (χ2v) is 3.65. The summed E-state index contributed by atoms with van der Waals surface area (Å²) in [5.41, 5.74) is 4.10. The van der Waals surface area contributed by atoms with Gasteiger partial charge in [-0.1, -0.05) is 25.5 Å². The lowest BCUT2D eigenvalue weighted by molar-refractivity contribution is 0.480. The van der Waals surface area contributed by atoms with E-state index in [0.29, 0.717) is 12.0 Å². The average molecular weight is 156 g/mol. The summed E-state index contributed by atoms with van der Waals surface area (Å²) < 4.78 is 0. The Balaban J connectivity index is 3.86. The molecule has 0 saturated carbocycles. The van der Waals surface area contributed by atoms with Gasteiger partial charge in [0.2, 0.25) is 0 Å². The highest BCUT2D eigenvalue weighted by Gasteiger charge is 2.04. The van der Waals surface area contributed by atoms with E-state index in [0.717, 1.165) is 6.42 Å². The van der Waals surface area contributed by atoms with Crippen molar-refractivity contribution in [1.82, 2.24) is 5.43 Å². The maximum absolute atomic E-state index is 5.37. The lowest BCUT2D eigenvalue weighted by Crippen LogP contribution is -2.34. The molecule has 0 saturated heterocycles. The summed E-state index contributed by atoms with van der Waals surface area (Å²) in [6.45, 7) is 8.57. The topological polar surface area (TPSA) is 38.0 Å². The molecule has 0 amide bonds. The van der Waals surface area contributed by atoms with Crippen molar-refractivity contribution in [2.24, 2.45) is 11.8 Å². The summed E-state index contributed by atoms with van der Waals surface area (Å²) in [6, 6.07) is 0.333. The van der Waals surface area contributed by atoms with Crippen LogP contribution in [-0.2, 0) is 0 Å². The van der Waals surface area contributed by atoms with E-state index < -0.39 is 0 Å². The van der Waals surface area contributed by atoms with Crippen molar-refractivity contribution in [2.45, 2.75) is 40.2 Å². The van der Waals surface area contributed by atoms with Gasteiger partial charge in [-0.15, -0.1) is 0 Å². The molecule has 0 bridgehead atoms. The second-order valence-electron chi connectivity index (χ2n) is 3.65. The molecule has 0 aromatic rings. The van der Waals surface area contributed by atoms with Crippen LogP contribution in [0.4, 0.5) is 0 Å². The van der Waals surface area contributed by atoms with Gasteiger partial charge in [0.15, 0.2) is 0 Å². The number of allylic oxidation sites excluding steroid dienone is 1. The summed E-state index contributed by atoms with van der Waals surface area (Å²) in [5, 5.41) is 0. The van der Waals surface area contributed by atoms with Crippen LogP contribution in [0.25, 0.3) is 0 Å². The normalized spacial score (nSPS) is 13.3. The van der Waals surface area contributed by atoms with E-state index in [2.05, 4.69) is 39.2 Å². The van der Waals surface area contributed by atoms with E-state index in [9.17, 15) is 0 Å². The fourth-order valence-corrected chi connectivity index (χ4v) is 1.09. The van der Waals surface area contributed by atoms with Gasteiger partial charge >= 0.3 is 0 Å². The number of hydrogen-bond donors (Lipinski definition) is 2. The van der Waals surface area contributed by atoms with E-state index in [1.54, 1.807) is 0 Å². The Morgan fingerprint density at radius 3 is 2.27 bits per heavy atom. The summed E-state index contributed by atoms with van der Waals surface area (Å²) in [5.74, 6) is 6.06. The van der Waals surface area contributed by atoms with Crippen molar-refractivity contribution in [3.05, 3.63) is 11.6 Å². The zero-order chi connectivity index (χ0) is 8.85. The number of hydrazine groups is 1. The molecule has 0 fully saturated rings. The fraction of sp³-hybridized carbons (Fsp3) is 0.778. The first-order valence-electron chi connectivity index (χ1n) is 4.17. The van der Waals surface area contributed by atoms with Gasteiger partial charge in [-0.05, 0) is 26.2 Å². The summed E-state index contributed by atoms with van der Waals surface area (Å²) in [6.07, 6.45) is 3.27. The molecular formula is C9H20N2. The van der Waals surface area contributed by atoms with Crippen LogP contribution in [0, 0.1) is 5.92 Å². The second kappa shape index (κ2) is 5.33. The summed E-state index contributed by atoms with van der Waals surface area (Å²) >= 11 is 0. The van der Waals surface area contributed by atoms with Crippen LogP contribution in [0.1, 0.15) is 34.1 Å². The van der Waals surface area contributed by atoms with Gasteiger partial charge < -0.3 is 0 Å². The minimum atomic E-state index is 0.333. The predicted octanol–water partition coefficient (Wildman–Crippen LogP) is 1.83. The molecule has 0 spiro atoms. The van der Waals surface area contributed by atoms with Crippen molar-refractivity contribution in [3.63, 3.8) is 0 Å². The third-order valence-electron chi connectivity index (χ3n) is 1.47. The highest BCUT2D eigenvalue weighted by molar-refractivity contribution is 5.00. The van der Waals surface area contributed by atoms with Crippen LogP contribution in [-0.4, -0.2) is 6.04 Å². The molecule has 66 valence electrons. The highest BCUT2D eigenvalue weighted by atomic mass is 15.2. The van der Waals surface area contributed by atoms with Crippen LogP contribution >= 0.6 is 0 Å². The quantitative estimate of drug-likeness (QED) is 0.370. The number of rotatable bonds is 4. The Kier molecular flexibility index (Phi) is 5.16. The molecule has 2 nitrogen and oxygen atoms in total. The Morgan fingerprint density at radius 2 is 2.00 bits per heavy atom. The predicted molar refractivity (Wildman–Crippen MR) is 50.0 cm³/mol. The summed E-state index contributed by atoms with van der Waals surface area (Å²) in [4.78, 5) is 0. The third kappa shape index (κ3) is 6.07. The fourth-order valence-electron chi connectivity index (χ4n) is 1.09.